The van der Waals surface area contributed by atoms with E-state index in [1.54, 1.807) is 0 Å². The number of benzene rings is 1. The van der Waals surface area contributed by atoms with Crippen molar-refractivity contribution in [2.75, 3.05) is 19.6 Å². The van der Waals surface area contributed by atoms with E-state index in [-0.39, 0.29) is 30.1 Å². The predicted octanol–water partition coefficient (Wildman–Crippen LogP) is 3.24. The first-order valence-electron chi connectivity index (χ1n) is 10.5. The van der Waals surface area contributed by atoms with E-state index in [2.05, 4.69) is 31.9 Å². The molecule has 0 atom stereocenters. The van der Waals surface area contributed by atoms with Crippen LogP contribution in [0.3, 0.4) is 0 Å². The molecule has 0 spiro atoms. The first kappa shape index (κ1) is 21.9. The van der Waals surface area contributed by atoms with Gasteiger partial charge < -0.3 is 19.5 Å². The van der Waals surface area contributed by atoms with Crippen LogP contribution in [0.2, 0.25) is 0 Å². The van der Waals surface area contributed by atoms with Crippen LogP contribution >= 0.6 is 24.0 Å². The zero-order chi connectivity index (χ0) is 19.2. The van der Waals surface area contributed by atoms with Crippen LogP contribution < -0.4 is 10.1 Å². The van der Waals surface area contributed by atoms with Crippen LogP contribution in [0.4, 0.5) is 0 Å². The molecule has 2 aliphatic rings. The lowest BCUT2D eigenvalue weighted by Gasteiger charge is -2.34. The lowest BCUT2D eigenvalue weighted by atomic mass is 10.1. The van der Waals surface area contributed by atoms with E-state index in [0.717, 1.165) is 68.8 Å². The minimum absolute atomic E-state index is 0. The third-order valence-corrected chi connectivity index (χ3v) is 5.43. The van der Waals surface area contributed by atoms with Crippen molar-refractivity contribution in [1.82, 2.24) is 25.0 Å². The Morgan fingerprint density at radius 3 is 2.69 bits per heavy atom. The van der Waals surface area contributed by atoms with Gasteiger partial charge in [0.25, 0.3) is 0 Å². The molecule has 2 aliphatic heterocycles. The van der Waals surface area contributed by atoms with Crippen molar-refractivity contribution >= 4 is 29.9 Å². The van der Waals surface area contributed by atoms with Gasteiger partial charge >= 0.3 is 0 Å². The summed E-state index contributed by atoms with van der Waals surface area (Å²) in [6.07, 6.45) is 5.72. The van der Waals surface area contributed by atoms with Gasteiger partial charge in [-0.25, -0.2) is 4.99 Å². The third-order valence-electron chi connectivity index (χ3n) is 5.43. The van der Waals surface area contributed by atoms with Crippen LogP contribution in [0.1, 0.15) is 44.3 Å². The Bertz CT molecular complexity index is 786. The minimum atomic E-state index is 0. The maximum Gasteiger partial charge on any atom is 0.194 e. The van der Waals surface area contributed by atoms with Gasteiger partial charge in [0.15, 0.2) is 11.8 Å². The van der Waals surface area contributed by atoms with E-state index in [9.17, 15) is 0 Å². The lowest BCUT2D eigenvalue weighted by molar-refractivity contribution is 0.129. The van der Waals surface area contributed by atoms with Gasteiger partial charge in [-0.3, -0.25) is 0 Å². The summed E-state index contributed by atoms with van der Waals surface area (Å²) in [4.78, 5) is 7.20. The highest BCUT2D eigenvalue weighted by Crippen LogP contribution is 2.19. The molecule has 0 amide bonds. The van der Waals surface area contributed by atoms with Crippen molar-refractivity contribution in [1.29, 1.82) is 0 Å². The summed E-state index contributed by atoms with van der Waals surface area (Å²) < 4.78 is 8.36. The molecule has 7 nitrogen and oxygen atoms in total. The van der Waals surface area contributed by atoms with Gasteiger partial charge in [0.2, 0.25) is 0 Å². The quantitative estimate of drug-likeness (QED) is 0.380. The van der Waals surface area contributed by atoms with Crippen LogP contribution in [0, 0.1) is 0 Å². The Balaban J connectivity index is 0.00000240. The van der Waals surface area contributed by atoms with E-state index in [0.29, 0.717) is 6.54 Å². The Kier molecular flexibility index (Phi) is 8.14. The summed E-state index contributed by atoms with van der Waals surface area (Å²) in [5.74, 6) is 4.01. The van der Waals surface area contributed by atoms with Gasteiger partial charge in [-0.15, -0.1) is 34.2 Å². The highest BCUT2D eigenvalue weighted by atomic mass is 127. The summed E-state index contributed by atoms with van der Waals surface area (Å²) in [7, 11) is 0. The minimum Gasteiger partial charge on any atom is -0.490 e. The van der Waals surface area contributed by atoms with Crippen LogP contribution in [-0.4, -0.2) is 51.4 Å². The number of aliphatic imine (C=N–C) groups is 1. The van der Waals surface area contributed by atoms with Crippen molar-refractivity contribution in [3.05, 3.63) is 42.0 Å². The maximum absolute atomic E-state index is 6.12. The van der Waals surface area contributed by atoms with E-state index in [1.807, 2.05) is 30.3 Å². The lowest BCUT2D eigenvalue weighted by Crippen LogP contribution is -2.47. The molecular weight excluding hydrogens is 479 g/mol. The maximum atomic E-state index is 6.12. The smallest absolute Gasteiger partial charge is 0.194 e. The van der Waals surface area contributed by atoms with Gasteiger partial charge in [-0.1, -0.05) is 18.2 Å². The molecule has 29 heavy (non-hydrogen) atoms. The van der Waals surface area contributed by atoms with Crippen molar-refractivity contribution in [3.8, 4) is 5.75 Å². The second-order valence-corrected chi connectivity index (χ2v) is 7.43. The number of rotatable bonds is 5. The van der Waals surface area contributed by atoms with Gasteiger partial charge in [-0.05, 0) is 31.9 Å². The average molecular weight is 510 g/mol. The van der Waals surface area contributed by atoms with Crippen molar-refractivity contribution < 1.29 is 4.74 Å². The highest BCUT2D eigenvalue weighted by Gasteiger charge is 2.23. The largest absolute Gasteiger partial charge is 0.490 e. The number of ether oxygens (including phenoxy) is 1. The summed E-state index contributed by atoms with van der Waals surface area (Å²) in [5, 5.41) is 12.1. The number of hydrogen-bond acceptors (Lipinski definition) is 4. The molecule has 4 rings (SSSR count). The average Bonchev–Trinajstić information content (AvgIpc) is 3.16. The van der Waals surface area contributed by atoms with E-state index >= 15 is 0 Å². The molecule has 0 aliphatic carbocycles. The number of fused-ring (bicyclic) bond motifs is 1. The fraction of sp³-hybridized carbons (Fsp3) is 0.571. The number of nitrogens with zero attached hydrogens (tertiary/aromatic N) is 5. The van der Waals surface area contributed by atoms with E-state index in [1.165, 1.54) is 12.8 Å². The molecule has 0 radical (unpaired) electrons. The van der Waals surface area contributed by atoms with Gasteiger partial charge in [-0.2, -0.15) is 0 Å². The number of halogens is 1. The summed E-state index contributed by atoms with van der Waals surface area (Å²) in [6, 6.07) is 10.1. The topological polar surface area (TPSA) is 67.6 Å². The van der Waals surface area contributed by atoms with Gasteiger partial charge in [0.1, 0.15) is 24.2 Å². The molecule has 0 bridgehead atoms. The molecule has 3 heterocycles. The number of piperidine rings is 1. The van der Waals surface area contributed by atoms with Gasteiger partial charge in [0.05, 0.1) is 0 Å². The Morgan fingerprint density at radius 2 is 1.93 bits per heavy atom. The van der Waals surface area contributed by atoms with E-state index < -0.39 is 0 Å². The molecule has 0 saturated carbocycles. The summed E-state index contributed by atoms with van der Waals surface area (Å²) in [6.45, 7) is 6.46. The molecule has 1 fully saturated rings. The molecule has 1 saturated heterocycles. The third kappa shape index (κ3) is 5.61. The zero-order valence-electron chi connectivity index (χ0n) is 17.1. The SMILES string of the molecule is CCNC(=NCc1nnc2n1CCCC2)N1CCC(Oc2ccccc2)CC1.I. The Hall–Kier alpha value is -1.84. The van der Waals surface area contributed by atoms with Crippen molar-refractivity contribution in [3.63, 3.8) is 0 Å². The molecule has 8 heteroatoms. The van der Waals surface area contributed by atoms with E-state index in [4.69, 9.17) is 9.73 Å². The molecule has 1 aromatic heterocycles. The monoisotopic (exact) mass is 510 g/mol. The number of nitrogens with one attached hydrogen (secondary N) is 1. The second kappa shape index (κ2) is 10.8. The van der Waals surface area contributed by atoms with Crippen LogP contribution in [0.15, 0.2) is 35.3 Å². The zero-order valence-corrected chi connectivity index (χ0v) is 19.4. The fourth-order valence-electron chi connectivity index (χ4n) is 3.93. The molecule has 0 unspecified atom stereocenters. The Morgan fingerprint density at radius 1 is 1.14 bits per heavy atom. The number of likely N-dealkylation sites (tertiary alicyclic amines) is 1. The number of para-hydroxylation sites is 1. The first-order chi connectivity index (χ1) is 13.8. The van der Waals surface area contributed by atoms with Crippen LogP contribution in [0.25, 0.3) is 0 Å². The van der Waals surface area contributed by atoms with Crippen LogP contribution in [-0.2, 0) is 19.5 Å². The molecular formula is C21H31IN6O. The molecule has 2 aromatic rings. The number of aromatic nitrogens is 3. The molecule has 1 aromatic carbocycles. The van der Waals surface area contributed by atoms with Crippen molar-refractivity contribution in [2.45, 2.75) is 58.2 Å². The molecule has 1 N–H and O–H groups in total. The molecule has 158 valence electrons. The standard InChI is InChI=1S/C21H30N6O.HI/c1-2-22-21(23-16-20-25-24-19-10-6-7-13-27(19)20)26-14-11-18(12-15-26)28-17-8-4-3-5-9-17;/h3-5,8-9,18H,2,6-7,10-16H2,1H3,(H,22,23);1H. The summed E-state index contributed by atoms with van der Waals surface area (Å²) >= 11 is 0. The fourth-order valence-corrected chi connectivity index (χ4v) is 3.93. The highest BCUT2D eigenvalue weighted by molar-refractivity contribution is 14.0. The number of aryl methyl sites for hydroxylation is 1. The predicted molar refractivity (Wildman–Crippen MR) is 125 cm³/mol. The van der Waals surface area contributed by atoms with Crippen molar-refractivity contribution in [2.24, 2.45) is 4.99 Å². The Labute approximate surface area is 190 Å². The first-order valence-corrected chi connectivity index (χ1v) is 10.5. The number of hydrogen-bond donors (Lipinski definition) is 1. The summed E-state index contributed by atoms with van der Waals surface area (Å²) in [5.41, 5.74) is 0. The number of guanidine groups is 1. The second-order valence-electron chi connectivity index (χ2n) is 7.43. The normalized spacial score (nSPS) is 17.4. The van der Waals surface area contributed by atoms with Gasteiger partial charge in [0, 0.05) is 45.4 Å². The van der Waals surface area contributed by atoms with Crippen LogP contribution in [0.5, 0.6) is 5.75 Å².